The van der Waals surface area contributed by atoms with E-state index in [9.17, 15) is 14.6 Å². The van der Waals surface area contributed by atoms with Gasteiger partial charge in [-0.3, -0.25) is 4.90 Å². The van der Waals surface area contributed by atoms with Crippen LogP contribution in [0.3, 0.4) is 0 Å². The lowest BCUT2D eigenvalue weighted by atomic mass is 9.86. The summed E-state index contributed by atoms with van der Waals surface area (Å²) >= 11 is 0. The highest BCUT2D eigenvalue weighted by Gasteiger charge is 2.31. The highest BCUT2D eigenvalue weighted by molar-refractivity contribution is 5.96. The Bertz CT molecular complexity index is 1290. The summed E-state index contributed by atoms with van der Waals surface area (Å²) < 4.78 is 27.4. The van der Waals surface area contributed by atoms with Gasteiger partial charge >= 0.3 is 0 Å². The normalized spacial score (nSPS) is 20.7. The van der Waals surface area contributed by atoms with Crippen LogP contribution in [0.15, 0.2) is 60.7 Å². The first kappa shape index (κ1) is 24.2. The minimum Gasteiger partial charge on any atom is -0.508 e. The highest BCUT2D eigenvalue weighted by Crippen LogP contribution is 2.48. The lowest BCUT2D eigenvalue weighted by molar-refractivity contribution is 0.169. The van der Waals surface area contributed by atoms with Crippen molar-refractivity contribution in [3.8, 4) is 23.0 Å². The molecule has 1 unspecified atom stereocenters. The van der Waals surface area contributed by atoms with E-state index >= 15 is 0 Å². The highest BCUT2D eigenvalue weighted by atomic mass is 19.1. The molecule has 6 heteroatoms. The smallest absolute Gasteiger partial charge is 0.150 e. The molecule has 0 amide bonds. The third-order valence-corrected chi connectivity index (χ3v) is 7.27. The van der Waals surface area contributed by atoms with E-state index in [-0.39, 0.29) is 17.1 Å². The van der Waals surface area contributed by atoms with Crippen LogP contribution in [0.2, 0.25) is 0 Å². The standard InChI is InChI=1S/C30H32FNO4/c1-18-12-13-32(16-18)19(2)17-35-24-8-4-21(5-9-24)30-29(26-15-22(33)6-10-27(26)31)20(3)25-14-23(34)7-11-28(25)36-30/h4-11,14-15,18-19,30,33-34H,12-13,16-17H2,1-3H3/t18-,19+,30?/m1/s1. The predicted octanol–water partition coefficient (Wildman–Crippen LogP) is 6.41. The molecule has 2 heterocycles. The maximum Gasteiger partial charge on any atom is 0.150 e. The van der Waals surface area contributed by atoms with Crippen molar-refractivity contribution >= 4 is 11.1 Å². The molecule has 36 heavy (non-hydrogen) atoms. The summed E-state index contributed by atoms with van der Waals surface area (Å²) in [5.41, 5.74) is 3.16. The molecule has 0 aromatic heterocycles. The molecule has 5 nitrogen and oxygen atoms in total. The Morgan fingerprint density at radius 3 is 2.42 bits per heavy atom. The molecule has 0 bridgehead atoms. The van der Waals surface area contributed by atoms with Crippen LogP contribution in [0.25, 0.3) is 11.1 Å². The number of benzene rings is 3. The Morgan fingerprint density at radius 2 is 1.72 bits per heavy atom. The van der Waals surface area contributed by atoms with Crippen LogP contribution in [-0.2, 0) is 0 Å². The number of ether oxygens (including phenoxy) is 2. The monoisotopic (exact) mass is 489 g/mol. The molecule has 188 valence electrons. The van der Waals surface area contributed by atoms with E-state index < -0.39 is 11.9 Å². The summed E-state index contributed by atoms with van der Waals surface area (Å²) in [6, 6.07) is 16.9. The zero-order chi connectivity index (χ0) is 25.4. The Morgan fingerprint density at radius 1 is 1.03 bits per heavy atom. The van der Waals surface area contributed by atoms with Crippen LogP contribution in [0.5, 0.6) is 23.0 Å². The number of fused-ring (bicyclic) bond motifs is 1. The fraction of sp³-hybridized carbons (Fsp3) is 0.333. The third-order valence-electron chi connectivity index (χ3n) is 7.27. The summed E-state index contributed by atoms with van der Waals surface area (Å²) in [5, 5.41) is 20.1. The van der Waals surface area contributed by atoms with Crippen molar-refractivity contribution in [3.05, 3.63) is 83.2 Å². The average Bonchev–Trinajstić information content (AvgIpc) is 3.31. The minimum absolute atomic E-state index is 0.0302. The Hall–Kier alpha value is -3.51. The van der Waals surface area contributed by atoms with Gasteiger partial charge in [0, 0.05) is 29.3 Å². The Balaban J connectivity index is 1.43. The van der Waals surface area contributed by atoms with Crippen LogP contribution in [0.4, 0.5) is 4.39 Å². The van der Waals surface area contributed by atoms with E-state index in [1.54, 1.807) is 18.2 Å². The van der Waals surface area contributed by atoms with Crippen molar-refractivity contribution in [2.24, 2.45) is 5.92 Å². The fourth-order valence-electron chi connectivity index (χ4n) is 5.17. The zero-order valence-electron chi connectivity index (χ0n) is 20.9. The SMILES string of the molecule is CC1=C(c2cc(O)ccc2F)C(c2ccc(OC[C@H](C)N3CC[C@@H](C)C3)cc2)Oc2ccc(O)cc21. The molecular formula is C30H32FNO4. The summed E-state index contributed by atoms with van der Waals surface area (Å²) in [4.78, 5) is 2.47. The van der Waals surface area contributed by atoms with Gasteiger partial charge < -0.3 is 19.7 Å². The fourth-order valence-corrected chi connectivity index (χ4v) is 5.17. The summed E-state index contributed by atoms with van der Waals surface area (Å²) in [6.07, 6.45) is 0.635. The van der Waals surface area contributed by atoms with Crippen molar-refractivity contribution < 1.29 is 24.1 Å². The first-order valence-corrected chi connectivity index (χ1v) is 12.5. The van der Waals surface area contributed by atoms with Gasteiger partial charge in [-0.1, -0.05) is 19.1 Å². The topological polar surface area (TPSA) is 62.2 Å². The van der Waals surface area contributed by atoms with E-state index in [0.717, 1.165) is 35.9 Å². The van der Waals surface area contributed by atoms with Gasteiger partial charge in [0.1, 0.15) is 41.5 Å². The van der Waals surface area contributed by atoms with Crippen molar-refractivity contribution in [1.82, 2.24) is 4.90 Å². The second-order valence-electron chi connectivity index (χ2n) is 10.00. The second-order valence-corrected chi connectivity index (χ2v) is 10.00. The number of phenolic OH excluding ortho intramolecular Hbond substituents is 2. The summed E-state index contributed by atoms with van der Waals surface area (Å²) in [7, 11) is 0. The van der Waals surface area contributed by atoms with Crippen LogP contribution >= 0.6 is 0 Å². The van der Waals surface area contributed by atoms with Crippen molar-refractivity contribution in [2.45, 2.75) is 39.3 Å². The molecule has 0 saturated carbocycles. The lowest BCUT2D eigenvalue weighted by Crippen LogP contribution is -2.35. The Labute approximate surface area is 211 Å². The summed E-state index contributed by atoms with van der Waals surface area (Å²) in [6.45, 7) is 9.20. The number of hydrogen-bond donors (Lipinski definition) is 2. The predicted molar refractivity (Wildman–Crippen MR) is 139 cm³/mol. The number of phenols is 2. The zero-order valence-corrected chi connectivity index (χ0v) is 20.9. The van der Waals surface area contributed by atoms with Gasteiger partial charge in [-0.05, 0) is 92.4 Å². The molecule has 3 aromatic rings. The van der Waals surface area contributed by atoms with Gasteiger partial charge in [-0.2, -0.15) is 0 Å². The average molecular weight is 490 g/mol. The molecule has 0 radical (unpaired) electrons. The molecule has 1 fully saturated rings. The van der Waals surface area contributed by atoms with Gasteiger partial charge in [-0.25, -0.2) is 4.39 Å². The number of hydrogen-bond acceptors (Lipinski definition) is 5. The number of likely N-dealkylation sites (tertiary alicyclic amines) is 1. The maximum absolute atomic E-state index is 15.0. The quantitative estimate of drug-likeness (QED) is 0.419. The van der Waals surface area contributed by atoms with Crippen molar-refractivity contribution in [3.63, 3.8) is 0 Å². The maximum atomic E-state index is 15.0. The number of rotatable bonds is 6. The largest absolute Gasteiger partial charge is 0.508 e. The number of aromatic hydroxyl groups is 2. The molecule has 3 atom stereocenters. The van der Waals surface area contributed by atoms with Gasteiger partial charge in [-0.15, -0.1) is 0 Å². The molecule has 3 aromatic carbocycles. The Kier molecular flexibility index (Phi) is 6.63. The molecule has 2 N–H and O–H groups in total. The van der Waals surface area contributed by atoms with Crippen LogP contribution in [0.1, 0.15) is 50.0 Å². The molecule has 5 rings (SSSR count). The van der Waals surface area contributed by atoms with Gasteiger partial charge in [0.25, 0.3) is 0 Å². The molecule has 0 aliphatic carbocycles. The van der Waals surface area contributed by atoms with Crippen LogP contribution < -0.4 is 9.47 Å². The number of allylic oxidation sites excluding steroid dienone is 1. The number of halogens is 1. The van der Waals surface area contributed by atoms with Gasteiger partial charge in [0.05, 0.1) is 0 Å². The summed E-state index contributed by atoms with van der Waals surface area (Å²) in [5.74, 6) is 1.73. The van der Waals surface area contributed by atoms with Gasteiger partial charge in [0.15, 0.2) is 0 Å². The lowest BCUT2D eigenvalue weighted by Gasteiger charge is -2.31. The van der Waals surface area contributed by atoms with Crippen LogP contribution in [0, 0.1) is 11.7 Å². The van der Waals surface area contributed by atoms with Gasteiger partial charge in [0.2, 0.25) is 0 Å². The van der Waals surface area contributed by atoms with Crippen molar-refractivity contribution in [1.29, 1.82) is 0 Å². The van der Waals surface area contributed by atoms with Crippen LogP contribution in [-0.4, -0.2) is 40.9 Å². The molecule has 0 spiro atoms. The van der Waals surface area contributed by atoms with E-state index in [1.165, 1.54) is 24.6 Å². The molecule has 1 saturated heterocycles. The third kappa shape index (κ3) is 4.78. The van der Waals surface area contributed by atoms with E-state index in [2.05, 4.69) is 18.7 Å². The molecule has 2 aliphatic rings. The molecule has 2 aliphatic heterocycles. The second kappa shape index (κ2) is 9.86. The number of nitrogens with zero attached hydrogens (tertiary/aromatic N) is 1. The molecular weight excluding hydrogens is 457 g/mol. The first-order valence-electron chi connectivity index (χ1n) is 12.5. The van der Waals surface area contributed by atoms with Crippen molar-refractivity contribution in [2.75, 3.05) is 19.7 Å². The van der Waals surface area contributed by atoms with E-state index in [1.807, 2.05) is 31.2 Å². The van der Waals surface area contributed by atoms with E-state index in [0.29, 0.717) is 29.5 Å². The van der Waals surface area contributed by atoms with E-state index in [4.69, 9.17) is 9.47 Å². The first-order chi connectivity index (χ1) is 17.3. The minimum atomic E-state index is -0.600.